The summed E-state index contributed by atoms with van der Waals surface area (Å²) < 4.78 is 20.2. The molecule has 0 bridgehead atoms. The minimum Gasteiger partial charge on any atom is -0.503 e. The Labute approximate surface area is 205 Å². The molecule has 2 N–H and O–H groups in total. The number of hydrogen-bond acceptors (Lipinski definition) is 6. The second-order valence-corrected chi connectivity index (χ2v) is 8.75. The Kier molecular flexibility index (Phi) is 6.24. The van der Waals surface area contributed by atoms with Crippen LogP contribution < -0.4 is 9.64 Å². The number of aliphatic hydroxyl groups excluding tert-OH is 1. The third-order valence-corrected chi connectivity index (χ3v) is 6.62. The first kappa shape index (κ1) is 22.7. The zero-order valence-electron chi connectivity index (χ0n) is 18.7. The highest BCUT2D eigenvalue weighted by Gasteiger charge is 2.44. The van der Waals surface area contributed by atoms with Crippen LogP contribution in [0.4, 0.5) is 10.3 Å². The molecule has 2 heterocycles. The summed E-state index contributed by atoms with van der Waals surface area (Å²) in [5, 5.41) is 18.4. The standard InChI is InChI=1S/C26H21FN4O3S/c1-34-18-13-11-17(12-14-18)21-22(19-9-5-6-10-20(19)27)31(24(33)23(21)32)25-28-26(30-29-25)35-15-16-7-3-2-4-8-16/h2-14,22,32H,15H2,1H3,(H,28,29,30)/t22-/m1/s1. The van der Waals surface area contributed by atoms with Gasteiger partial charge in [0.2, 0.25) is 11.1 Å². The van der Waals surface area contributed by atoms with E-state index in [0.717, 1.165) is 5.56 Å². The fourth-order valence-electron chi connectivity index (χ4n) is 4.01. The molecule has 0 unspecified atom stereocenters. The number of anilines is 1. The molecule has 0 fully saturated rings. The average Bonchev–Trinajstić information content (AvgIpc) is 3.46. The van der Waals surface area contributed by atoms with Crippen LogP contribution in [0.2, 0.25) is 0 Å². The maximum atomic E-state index is 15.0. The summed E-state index contributed by atoms with van der Waals surface area (Å²) in [6, 6.07) is 21.9. The Morgan fingerprint density at radius 1 is 1.06 bits per heavy atom. The van der Waals surface area contributed by atoms with Gasteiger partial charge in [0.25, 0.3) is 5.91 Å². The lowest BCUT2D eigenvalue weighted by atomic mass is 9.93. The molecule has 0 saturated carbocycles. The van der Waals surface area contributed by atoms with Crippen LogP contribution in [0, 0.1) is 5.82 Å². The average molecular weight is 489 g/mol. The maximum Gasteiger partial charge on any atom is 0.296 e. The molecule has 176 valence electrons. The number of H-pyrrole nitrogens is 1. The number of aromatic amines is 1. The van der Waals surface area contributed by atoms with Crippen molar-refractivity contribution in [1.29, 1.82) is 0 Å². The predicted octanol–water partition coefficient (Wildman–Crippen LogP) is 5.30. The molecule has 1 amide bonds. The van der Waals surface area contributed by atoms with Crippen molar-refractivity contribution < 1.29 is 19.0 Å². The number of rotatable bonds is 7. The van der Waals surface area contributed by atoms with E-state index in [1.807, 2.05) is 30.3 Å². The van der Waals surface area contributed by atoms with Crippen molar-refractivity contribution in [3.8, 4) is 5.75 Å². The number of nitrogens with one attached hydrogen (secondary N) is 1. The number of aromatic nitrogens is 3. The van der Waals surface area contributed by atoms with Gasteiger partial charge in [0, 0.05) is 16.9 Å². The molecule has 7 nitrogen and oxygen atoms in total. The number of halogens is 1. The summed E-state index contributed by atoms with van der Waals surface area (Å²) in [7, 11) is 1.55. The first-order valence-corrected chi connectivity index (χ1v) is 11.8. The Balaban J connectivity index is 1.52. The van der Waals surface area contributed by atoms with E-state index >= 15 is 0 Å². The van der Waals surface area contributed by atoms with Crippen LogP contribution in [0.1, 0.15) is 22.7 Å². The van der Waals surface area contributed by atoms with Gasteiger partial charge in [-0.3, -0.25) is 9.69 Å². The minimum absolute atomic E-state index is 0.119. The molecule has 4 aromatic rings. The number of benzene rings is 3. The third kappa shape index (κ3) is 4.38. The van der Waals surface area contributed by atoms with Crippen molar-refractivity contribution in [2.45, 2.75) is 17.0 Å². The minimum atomic E-state index is -0.947. The van der Waals surface area contributed by atoms with E-state index in [-0.39, 0.29) is 17.1 Å². The highest BCUT2D eigenvalue weighted by molar-refractivity contribution is 7.98. The molecule has 0 saturated heterocycles. The summed E-state index contributed by atoms with van der Waals surface area (Å²) >= 11 is 1.40. The number of nitrogens with zero attached hydrogens (tertiary/aromatic N) is 3. The zero-order valence-corrected chi connectivity index (χ0v) is 19.5. The molecule has 35 heavy (non-hydrogen) atoms. The topological polar surface area (TPSA) is 91.3 Å². The van der Waals surface area contributed by atoms with Crippen molar-refractivity contribution in [1.82, 2.24) is 15.2 Å². The fourth-order valence-corrected chi connectivity index (χ4v) is 4.76. The van der Waals surface area contributed by atoms with Gasteiger partial charge < -0.3 is 9.84 Å². The summed E-state index contributed by atoms with van der Waals surface area (Å²) in [5.74, 6) is -0.294. The molecule has 1 atom stereocenters. The molecule has 1 aliphatic rings. The van der Waals surface area contributed by atoms with E-state index in [1.165, 1.54) is 22.7 Å². The summed E-state index contributed by atoms with van der Waals surface area (Å²) in [6.07, 6.45) is 0. The molecule has 9 heteroatoms. The highest BCUT2D eigenvalue weighted by atomic mass is 32.2. The molecule has 0 radical (unpaired) electrons. The van der Waals surface area contributed by atoms with Gasteiger partial charge in [0.05, 0.1) is 13.2 Å². The van der Waals surface area contributed by atoms with Crippen molar-refractivity contribution in [2.24, 2.45) is 0 Å². The predicted molar refractivity (Wildman–Crippen MR) is 132 cm³/mol. The second-order valence-electron chi connectivity index (χ2n) is 7.81. The lowest BCUT2D eigenvalue weighted by Gasteiger charge is -2.25. The quantitative estimate of drug-likeness (QED) is 0.343. The van der Waals surface area contributed by atoms with E-state index < -0.39 is 23.5 Å². The van der Waals surface area contributed by atoms with Crippen LogP contribution in [0.15, 0.2) is 89.8 Å². The number of thioether (sulfide) groups is 1. The summed E-state index contributed by atoms with van der Waals surface area (Å²) in [5.41, 5.74) is 2.17. The second kappa shape index (κ2) is 9.63. The van der Waals surface area contributed by atoms with Crippen molar-refractivity contribution in [3.05, 3.63) is 107 Å². The molecule has 0 aliphatic carbocycles. The maximum absolute atomic E-state index is 15.0. The van der Waals surface area contributed by atoms with Gasteiger partial charge in [-0.2, -0.15) is 4.98 Å². The van der Waals surface area contributed by atoms with Crippen LogP contribution in [-0.2, 0) is 10.5 Å². The lowest BCUT2D eigenvalue weighted by Crippen LogP contribution is -2.31. The van der Waals surface area contributed by atoms with Crippen LogP contribution >= 0.6 is 11.8 Å². The number of aliphatic hydroxyl groups is 1. The Morgan fingerprint density at radius 3 is 2.49 bits per heavy atom. The largest absolute Gasteiger partial charge is 0.503 e. The van der Waals surface area contributed by atoms with Gasteiger partial charge in [-0.1, -0.05) is 72.4 Å². The van der Waals surface area contributed by atoms with Gasteiger partial charge in [-0.05, 0) is 29.3 Å². The van der Waals surface area contributed by atoms with Crippen LogP contribution in [0.5, 0.6) is 5.75 Å². The van der Waals surface area contributed by atoms with E-state index in [1.54, 1.807) is 49.6 Å². The van der Waals surface area contributed by atoms with E-state index in [4.69, 9.17) is 4.74 Å². The first-order chi connectivity index (χ1) is 17.1. The van der Waals surface area contributed by atoms with E-state index in [2.05, 4.69) is 15.2 Å². The van der Waals surface area contributed by atoms with Crippen molar-refractivity contribution in [3.63, 3.8) is 0 Å². The number of carbonyl (C=O) groups excluding carboxylic acids is 1. The molecule has 5 rings (SSSR count). The van der Waals surface area contributed by atoms with E-state index in [9.17, 15) is 14.3 Å². The number of methoxy groups -OCH3 is 1. The SMILES string of the molecule is COc1ccc(C2=C(O)C(=O)N(c3nc(SCc4ccccc4)n[nH]3)[C@@H]2c2ccccc2F)cc1. The smallest absolute Gasteiger partial charge is 0.296 e. The highest BCUT2D eigenvalue weighted by Crippen LogP contribution is 2.45. The number of carbonyl (C=O) groups is 1. The zero-order chi connectivity index (χ0) is 24.4. The number of amides is 1. The Morgan fingerprint density at radius 2 is 1.77 bits per heavy atom. The summed E-state index contributed by atoms with van der Waals surface area (Å²) in [4.78, 5) is 19.0. The van der Waals surface area contributed by atoms with Crippen LogP contribution in [0.3, 0.4) is 0 Å². The third-order valence-electron chi connectivity index (χ3n) is 5.70. The molecule has 3 aromatic carbocycles. The van der Waals surface area contributed by atoms with Gasteiger partial charge in [-0.15, -0.1) is 5.10 Å². The molecule has 0 spiro atoms. The molecular formula is C26H21FN4O3S. The van der Waals surface area contributed by atoms with Gasteiger partial charge in [-0.25, -0.2) is 9.49 Å². The van der Waals surface area contributed by atoms with Crippen LogP contribution in [-0.4, -0.2) is 33.3 Å². The van der Waals surface area contributed by atoms with Gasteiger partial charge >= 0.3 is 0 Å². The normalized spacial score (nSPS) is 15.7. The van der Waals surface area contributed by atoms with Gasteiger partial charge in [0.15, 0.2) is 5.76 Å². The Hall–Kier alpha value is -4.11. The monoisotopic (exact) mass is 488 g/mol. The molecule has 1 aliphatic heterocycles. The van der Waals surface area contributed by atoms with Gasteiger partial charge in [0.1, 0.15) is 11.6 Å². The van der Waals surface area contributed by atoms with Crippen LogP contribution in [0.25, 0.3) is 5.57 Å². The Bertz CT molecular complexity index is 1390. The van der Waals surface area contributed by atoms with Crippen molar-refractivity contribution >= 4 is 29.2 Å². The van der Waals surface area contributed by atoms with Crippen molar-refractivity contribution in [2.75, 3.05) is 12.0 Å². The first-order valence-electron chi connectivity index (χ1n) is 10.8. The number of ether oxygens (including phenoxy) is 1. The molecular weight excluding hydrogens is 467 g/mol. The lowest BCUT2D eigenvalue weighted by molar-refractivity contribution is -0.117. The summed E-state index contributed by atoms with van der Waals surface area (Å²) in [6.45, 7) is 0. The fraction of sp³-hybridized carbons (Fsp3) is 0.115. The number of hydrogen-bond donors (Lipinski definition) is 2. The molecule has 1 aromatic heterocycles. The van der Waals surface area contributed by atoms with E-state index in [0.29, 0.717) is 22.2 Å².